The number of nitrogens with zero attached hydrogens (tertiary/aromatic N) is 1. The number of halogens is 1. The zero-order chi connectivity index (χ0) is 22.5. The highest BCUT2D eigenvalue weighted by atomic mass is 79.9. The molecule has 8 heteroatoms. The lowest BCUT2D eigenvalue weighted by molar-refractivity contribution is -0.138. The van der Waals surface area contributed by atoms with Gasteiger partial charge in [0.2, 0.25) is 0 Å². The van der Waals surface area contributed by atoms with Crippen LogP contribution in [0, 0.1) is 6.92 Å². The van der Waals surface area contributed by atoms with E-state index in [1.807, 2.05) is 45.0 Å². The lowest BCUT2D eigenvalue weighted by Gasteiger charge is -2.37. The highest BCUT2D eigenvalue weighted by Gasteiger charge is 2.34. The first-order valence-electron chi connectivity index (χ1n) is 10.3. The molecule has 3 rings (SSSR count). The Labute approximate surface area is 190 Å². The van der Waals surface area contributed by atoms with Gasteiger partial charge in [0, 0.05) is 16.7 Å². The van der Waals surface area contributed by atoms with E-state index in [2.05, 4.69) is 21.2 Å². The second-order valence-electron chi connectivity index (χ2n) is 7.31. The first kappa shape index (κ1) is 22.9. The fourth-order valence-corrected chi connectivity index (χ4v) is 4.04. The van der Waals surface area contributed by atoms with Crippen molar-refractivity contribution in [2.24, 2.45) is 0 Å². The summed E-state index contributed by atoms with van der Waals surface area (Å²) in [6.07, 6.45) is 0.407. The molecule has 0 unspecified atom stereocenters. The van der Waals surface area contributed by atoms with Crippen molar-refractivity contribution in [2.45, 2.75) is 39.7 Å². The maximum absolute atomic E-state index is 13.1. The van der Waals surface area contributed by atoms with Gasteiger partial charge < -0.3 is 24.8 Å². The third kappa shape index (κ3) is 5.31. The summed E-state index contributed by atoms with van der Waals surface area (Å²) in [6.45, 7) is 7.08. The Balaban J connectivity index is 1.94. The van der Waals surface area contributed by atoms with Gasteiger partial charge in [-0.2, -0.15) is 0 Å². The number of aliphatic carboxylic acids is 1. The molecule has 166 valence electrons. The minimum atomic E-state index is -0.970. The van der Waals surface area contributed by atoms with Crippen LogP contribution in [-0.4, -0.2) is 41.8 Å². The van der Waals surface area contributed by atoms with E-state index in [1.54, 1.807) is 11.0 Å². The summed E-state index contributed by atoms with van der Waals surface area (Å²) in [6, 6.07) is 8.34. The maximum atomic E-state index is 13.1. The predicted octanol–water partition coefficient (Wildman–Crippen LogP) is 5.16. The average molecular weight is 491 g/mol. The first-order chi connectivity index (χ1) is 14.8. The number of hydrogen-bond acceptors (Lipinski definition) is 4. The molecule has 0 bridgehead atoms. The molecule has 0 aromatic heterocycles. The predicted molar refractivity (Wildman–Crippen MR) is 122 cm³/mol. The zero-order valence-corrected chi connectivity index (χ0v) is 19.5. The second kappa shape index (κ2) is 10.0. The Morgan fingerprint density at radius 3 is 2.45 bits per heavy atom. The van der Waals surface area contributed by atoms with E-state index in [0.717, 1.165) is 21.2 Å². The van der Waals surface area contributed by atoms with E-state index in [0.29, 0.717) is 43.4 Å². The topological polar surface area (TPSA) is 88.1 Å². The normalized spacial score (nSPS) is 15.2. The maximum Gasteiger partial charge on any atom is 0.322 e. The number of carboxylic acid groups (broad SMARTS) is 1. The SMILES string of the molecule is CCOc1cc2c(cc1OCC)[C@H](CC(=O)O)N(C(=O)Nc1ccc(Br)c(C)c1)CC2. The van der Waals surface area contributed by atoms with Crippen LogP contribution >= 0.6 is 15.9 Å². The highest BCUT2D eigenvalue weighted by Crippen LogP contribution is 2.40. The number of amides is 2. The van der Waals surface area contributed by atoms with E-state index in [4.69, 9.17) is 9.47 Å². The molecule has 1 atom stereocenters. The summed E-state index contributed by atoms with van der Waals surface area (Å²) >= 11 is 3.45. The molecule has 0 radical (unpaired) electrons. The van der Waals surface area contributed by atoms with Gasteiger partial charge in [-0.25, -0.2) is 4.79 Å². The Hall–Kier alpha value is -2.74. The Morgan fingerprint density at radius 1 is 1.16 bits per heavy atom. The van der Waals surface area contributed by atoms with Gasteiger partial charge in [-0.3, -0.25) is 4.79 Å². The van der Waals surface area contributed by atoms with E-state index < -0.39 is 12.0 Å². The minimum Gasteiger partial charge on any atom is -0.490 e. The molecule has 2 aromatic rings. The van der Waals surface area contributed by atoms with Crippen LogP contribution in [0.15, 0.2) is 34.8 Å². The van der Waals surface area contributed by atoms with E-state index >= 15 is 0 Å². The van der Waals surface area contributed by atoms with Crippen molar-refractivity contribution in [1.29, 1.82) is 0 Å². The number of carboxylic acids is 1. The van der Waals surface area contributed by atoms with Gasteiger partial charge in [-0.1, -0.05) is 15.9 Å². The summed E-state index contributed by atoms with van der Waals surface area (Å²) in [5, 5.41) is 12.4. The molecule has 0 saturated heterocycles. The number of rotatable bonds is 7. The van der Waals surface area contributed by atoms with Gasteiger partial charge in [0.1, 0.15) is 0 Å². The number of nitrogens with one attached hydrogen (secondary N) is 1. The van der Waals surface area contributed by atoms with Gasteiger partial charge in [-0.05, 0) is 74.2 Å². The fraction of sp³-hybridized carbons (Fsp3) is 0.391. The molecule has 1 aliphatic heterocycles. The Bertz CT molecular complexity index is 979. The summed E-state index contributed by atoms with van der Waals surface area (Å²) < 4.78 is 12.4. The van der Waals surface area contributed by atoms with Crippen molar-refractivity contribution < 1.29 is 24.2 Å². The van der Waals surface area contributed by atoms with Gasteiger partial charge in [0.15, 0.2) is 11.5 Å². The van der Waals surface area contributed by atoms with Crippen LogP contribution in [0.2, 0.25) is 0 Å². The summed E-state index contributed by atoms with van der Waals surface area (Å²) in [4.78, 5) is 26.3. The quantitative estimate of drug-likeness (QED) is 0.559. The number of fused-ring (bicyclic) bond motifs is 1. The largest absolute Gasteiger partial charge is 0.490 e. The van der Waals surface area contributed by atoms with Crippen molar-refractivity contribution in [3.05, 3.63) is 51.5 Å². The zero-order valence-electron chi connectivity index (χ0n) is 17.9. The Morgan fingerprint density at radius 2 is 1.84 bits per heavy atom. The van der Waals surface area contributed by atoms with E-state index in [1.165, 1.54) is 0 Å². The van der Waals surface area contributed by atoms with Crippen molar-refractivity contribution in [3.8, 4) is 11.5 Å². The lowest BCUT2D eigenvalue weighted by atomic mass is 9.90. The molecule has 1 aliphatic rings. The van der Waals surface area contributed by atoms with Crippen LogP contribution in [0.3, 0.4) is 0 Å². The number of aryl methyl sites for hydroxylation is 1. The number of carbonyl (C=O) groups is 2. The smallest absolute Gasteiger partial charge is 0.322 e. The number of carbonyl (C=O) groups excluding carboxylic acids is 1. The molecule has 2 N–H and O–H groups in total. The van der Waals surface area contributed by atoms with Gasteiger partial charge in [0.25, 0.3) is 0 Å². The number of urea groups is 1. The molecule has 2 amide bonds. The van der Waals surface area contributed by atoms with Crippen molar-refractivity contribution in [3.63, 3.8) is 0 Å². The van der Waals surface area contributed by atoms with Crippen LogP contribution in [0.1, 0.15) is 43.0 Å². The van der Waals surface area contributed by atoms with Crippen LogP contribution in [-0.2, 0) is 11.2 Å². The first-order valence-corrected chi connectivity index (χ1v) is 11.1. The van der Waals surface area contributed by atoms with Crippen LogP contribution < -0.4 is 14.8 Å². The molecule has 0 saturated carbocycles. The van der Waals surface area contributed by atoms with Crippen LogP contribution in [0.5, 0.6) is 11.5 Å². The molecule has 0 aliphatic carbocycles. The third-order valence-corrected chi connectivity index (χ3v) is 6.09. The second-order valence-corrected chi connectivity index (χ2v) is 8.17. The third-order valence-electron chi connectivity index (χ3n) is 5.20. The summed E-state index contributed by atoms with van der Waals surface area (Å²) in [5.74, 6) is 0.228. The minimum absolute atomic E-state index is 0.195. The van der Waals surface area contributed by atoms with Crippen molar-refractivity contribution in [2.75, 3.05) is 25.1 Å². The average Bonchev–Trinajstić information content (AvgIpc) is 2.71. The molecular weight excluding hydrogens is 464 g/mol. The number of benzene rings is 2. The highest BCUT2D eigenvalue weighted by molar-refractivity contribution is 9.10. The number of anilines is 1. The molecular formula is C23H27BrN2O5. The summed E-state index contributed by atoms with van der Waals surface area (Å²) in [5.41, 5.74) is 3.41. The lowest BCUT2D eigenvalue weighted by Crippen LogP contribution is -2.43. The molecule has 0 fully saturated rings. The Kier molecular flexibility index (Phi) is 7.43. The molecule has 0 spiro atoms. The van der Waals surface area contributed by atoms with Crippen molar-refractivity contribution in [1.82, 2.24) is 4.90 Å². The molecule has 31 heavy (non-hydrogen) atoms. The monoisotopic (exact) mass is 490 g/mol. The van der Waals surface area contributed by atoms with Gasteiger partial charge >= 0.3 is 12.0 Å². The molecule has 1 heterocycles. The summed E-state index contributed by atoms with van der Waals surface area (Å²) in [7, 11) is 0. The van der Waals surface area contributed by atoms with Crippen LogP contribution in [0.4, 0.5) is 10.5 Å². The van der Waals surface area contributed by atoms with Crippen molar-refractivity contribution >= 4 is 33.6 Å². The van der Waals surface area contributed by atoms with E-state index in [-0.39, 0.29) is 12.5 Å². The standard InChI is InChI=1S/C23H27BrN2O5/c1-4-30-20-11-15-8-9-26(23(29)25-16-6-7-18(24)14(3)10-16)19(13-22(27)28)17(15)12-21(20)31-5-2/h6-7,10-12,19H,4-5,8-9,13H2,1-3H3,(H,25,29)(H,27,28)/t19-/m0/s1. The number of hydrogen-bond donors (Lipinski definition) is 2. The molecule has 7 nitrogen and oxygen atoms in total. The fourth-order valence-electron chi connectivity index (χ4n) is 3.79. The van der Waals surface area contributed by atoms with E-state index in [9.17, 15) is 14.7 Å². The van der Waals surface area contributed by atoms with Gasteiger partial charge in [-0.15, -0.1) is 0 Å². The van der Waals surface area contributed by atoms with Gasteiger partial charge in [0.05, 0.1) is 25.7 Å². The molecule has 2 aromatic carbocycles. The van der Waals surface area contributed by atoms with Crippen LogP contribution in [0.25, 0.3) is 0 Å². The number of ether oxygens (including phenoxy) is 2.